The number of anilines is 2. The molecule has 0 atom stereocenters. The van der Waals surface area contributed by atoms with E-state index in [0.29, 0.717) is 20.9 Å². The third kappa shape index (κ3) is 3.40. The Kier molecular flexibility index (Phi) is 4.03. The van der Waals surface area contributed by atoms with E-state index in [4.69, 9.17) is 17.3 Å². The molecule has 2 rings (SSSR count). The maximum Gasteiger partial charge on any atom is 0.261 e. The molecule has 0 aliphatic rings. The van der Waals surface area contributed by atoms with E-state index in [1.807, 2.05) is 0 Å². The lowest BCUT2D eigenvalue weighted by Crippen LogP contribution is -2.13. The van der Waals surface area contributed by atoms with Gasteiger partial charge in [-0.2, -0.15) is 0 Å². The van der Waals surface area contributed by atoms with Crippen molar-refractivity contribution in [2.75, 3.05) is 10.5 Å². The van der Waals surface area contributed by atoms with Gasteiger partial charge in [-0.25, -0.2) is 8.42 Å². The van der Waals surface area contributed by atoms with Gasteiger partial charge in [0.25, 0.3) is 10.0 Å². The van der Waals surface area contributed by atoms with E-state index in [0.717, 1.165) is 0 Å². The largest absolute Gasteiger partial charge is 0.399 e. The molecule has 0 saturated heterocycles. The number of sulfonamides is 1. The molecule has 0 spiro atoms. The minimum absolute atomic E-state index is 0.117. The predicted octanol–water partition coefficient (Wildman–Crippen LogP) is 3.49. The molecule has 0 fully saturated rings. The van der Waals surface area contributed by atoms with Gasteiger partial charge >= 0.3 is 0 Å². The predicted molar refractivity (Wildman–Crippen MR) is 80.8 cm³/mol. The summed E-state index contributed by atoms with van der Waals surface area (Å²) in [6.45, 7) is 0. The number of nitrogen functional groups attached to an aromatic ring is 1. The van der Waals surface area contributed by atoms with Gasteiger partial charge in [0, 0.05) is 10.2 Å². The fraction of sp³-hybridized carbons (Fsp3) is 0. The van der Waals surface area contributed by atoms with Crippen LogP contribution >= 0.6 is 27.5 Å². The smallest absolute Gasteiger partial charge is 0.261 e. The summed E-state index contributed by atoms with van der Waals surface area (Å²) in [5.41, 5.74) is 6.49. The quantitative estimate of drug-likeness (QED) is 0.822. The lowest BCUT2D eigenvalue weighted by molar-refractivity contribution is 0.601. The Morgan fingerprint density at radius 1 is 1.16 bits per heavy atom. The van der Waals surface area contributed by atoms with Crippen LogP contribution in [-0.2, 0) is 10.0 Å². The third-order valence-corrected chi connectivity index (χ3v) is 4.93. The Hall–Kier alpha value is -1.24. The number of nitrogens with one attached hydrogen (secondary N) is 1. The summed E-state index contributed by atoms with van der Waals surface area (Å²) < 4.78 is 27.3. The van der Waals surface area contributed by atoms with Gasteiger partial charge in [0.2, 0.25) is 0 Å². The summed E-state index contributed by atoms with van der Waals surface area (Å²) in [6.07, 6.45) is 0. The Bertz CT molecular complexity index is 719. The van der Waals surface area contributed by atoms with Crippen molar-refractivity contribution in [1.29, 1.82) is 0 Å². The fourth-order valence-corrected chi connectivity index (χ4v) is 3.18. The first kappa shape index (κ1) is 14.2. The first-order valence-corrected chi connectivity index (χ1v) is 7.87. The monoisotopic (exact) mass is 360 g/mol. The normalized spacial score (nSPS) is 11.3. The van der Waals surface area contributed by atoms with E-state index >= 15 is 0 Å². The van der Waals surface area contributed by atoms with Crippen molar-refractivity contribution in [3.63, 3.8) is 0 Å². The van der Waals surface area contributed by atoms with Gasteiger partial charge in [-0.05, 0) is 52.3 Å². The second kappa shape index (κ2) is 5.40. The van der Waals surface area contributed by atoms with Crippen LogP contribution in [0.3, 0.4) is 0 Å². The zero-order valence-electron chi connectivity index (χ0n) is 9.60. The Labute approximate surface area is 124 Å². The standard InChI is InChI=1S/C12H10BrClN2O2S/c13-11-7-10(4-5-12(11)14)19(17,18)16-9-3-1-2-8(15)6-9/h1-7,16H,15H2. The van der Waals surface area contributed by atoms with Crippen LogP contribution in [0.25, 0.3) is 0 Å². The van der Waals surface area contributed by atoms with Crippen LogP contribution < -0.4 is 10.5 Å². The molecule has 4 nitrogen and oxygen atoms in total. The lowest BCUT2D eigenvalue weighted by Gasteiger charge is -2.09. The highest BCUT2D eigenvalue weighted by molar-refractivity contribution is 9.10. The van der Waals surface area contributed by atoms with Gasteiger partial charge < -0.3 is 5.73 Å². The van der Waals surface area contributed by atoms with E-state index in [2.05, 4.69) is 20.7 Å². The van der Waals surface area contributed by atoms with Gasteiger partial charge in [0.1, 0.15) is 0 Å². The highest BCUT2D eigenvalue weighted by Crippen LogP contribution is 2.26. The van der Waals surface area contributed by atoms with Crippen molar-refractivity contribution in [1.82, 2.24) is 0 Å². The van der Waals surface area contributed by atoms with E-state index in [1.54, 1.807) is 24.3 Å². The second-order valence-electron chi connectivity index (χ2n) is 3.81. The summed E-state index contributed by atoms with van der Waals surface area (Å²) >= 11 is 9.02. The zero-order chi connectivity index (χ0) is 14.0. The molecular weight excluding hydrogens is 352 g/mol. The van der Waals surface area contributed by atoms with E-state index in [9.17, 15) is 8.42 Å². The molecule has 7 heteroatoms. The number of halogens is 2. The summed E-state index contributed by atoms with van der Waals surface area (Å²) in [7, 11) is -3.66. The Balaban J connectivity index is 2.35. The van der Waals surface area contributed by atoms with Gasteiger partial charge in [-0.15, -0.1) is 0 Å². The minimum atomic E-state index is -3.66. The van der Waals surface area contributed by atoms with Crippen LogP contribution in [0.15, 0.2) is 51.8 Å². The minimum Gasteiger partial charge on any atom is -0.399 e. The second-order valence-corrected chi connectivity index (χ2v) is 6.75. The molecule has 0 aliphatic carbocycles. The average Bonchev–Trinajstić information content (AvgIpc) is 2.32. The molecule has 0 amide bonds. The van der Waals surface area contributed by atoms with Crippen LogP contribution in [0.5, 0.6) is 0 Å². The molecule has 2 aromatic carbocycles. The summed E-state index contributed by atoms with van der Waals surface area (Å²) in [6, 6.07) is 10.9. The molecule has 0 heterocycles. The Morgan fingerprint density at radius 3 is 2.53 bits per heavy atom. The first-order chi connectivity index (χ1) is 8.88. The van der Waals surface area contributed by atoms with Crippen LogP contribution in [0.4, 0.5) is 11.4 Å². The van der Waals surface area contributed by atoms with Gasteiger partial charge in [0.05, 0.1) is 15.6 Å². The van der Waals surface area contributed by atoms with E-state index in [1.165, 1.54) is 18.2 Å². The first-order valence-electron chi connectivity index (χ1n) is 5.22. The highest BCUT2D eigenvalue weighted by atomic mass is 79.9. The van der Waals surface area contributed by atoms with Crippen molar-refractivity contribution in [2.24, 2.45) is 0 Å². The summed E-state index contributed by atoms with van der Waals surface area (Å²) in [4.78, 5) is 0.117. The maximum absolute atomic E-state index is 12.2. The number of hydrogen-bond acceptors (Lipinski definition) is 3. The topological polar surface area (TPSA) is 72.2 Å². The molecule has 0 unspecified atom stereocenters. The average molecular weight is 362 g/mol. The van der Waals surface area contributed by atoms with Crippen LogP contribution in [0, 0.1) is 0 Å². The van der Waals surface area contributed by atoms with Crippen molar-refractivity contribution < 1.29 is 8.42 Å². The third-order valence-electron chi connectivity index (χ3n) is 2.34. The van der Waals surface area contributed by atoms with Gasteiger partial charge in [-0.3, -0.25) is 4.72 Å². The summed E-state index contributed by atoms with van der Waals surface area (Å²) in [5, 5.41) is 0.447. The summed E-state index contributed by atoms with van der Waals surface area (Å²) in [5.74, 6) is 0. The van der Waals surface area contributed by atoms with Crippen LogP contribution in [0.1, 0.15) is 0 Å². The lowest BCUT2D eigenvalue weighted by atomic mass is 10.3. The van der Waals surface area contributed by atoms with Crippen LogP contribution in [-0.4, -0.2) is 8.42 Å². The SMILES string of the molecule is Nc1cccc(NS(=O)(=O)c2ccc(Cl)c(Br)c2)c1. The van der Waals surface area contributed by atoms with E-state index < -0.39 is 10.0 Å². The van der Waals surface area contributed by atoms with Gasteiger partial charge in [0.15, 0.2) is 0 Å². The maximum atomic E-state index is 12.2. The Morgan fingerprint density at radius 2 is 1.89 bits per heavy atom. The molecule has 0 aliphatic heterocycles. The molecule has 100 valence electrons. The number of rotatable bonds is 3. The van der Waals surface area contributed by atoms with Crippen molar-refractivity contribution >= 4 is 48.9 Å². The molecule has 3 N–H and O–H groups in total. The highest BCUT2D eigenvalue weighted by Gasteiger charge is 2.15. The molecule has 0 aromatic heterocycles. The fourth-order valence-electron chi connectivity index (χ4n) is 1.46. The number of benzene rings is 2. The molecule has 19 heavy (non-hydrogen) atoms. The van der Waals surface area contributed by atoms with Crippen LogP contribution in [0.2, 0.25) is 5.02 Å². The van der Waals surface area contributed by atoms with Crippen molar-refractivity contribution in [3.05, 3.63) is 52.0 Å². The number of hydrogen-bond donors (Lipinski definition) is 2. The van der Waals surface area contributed by atoms with E-state index in [-0.39, 0.29) is 4.90 Å². The zero-order valence-corrected chi connectivity index (χ0v) is 12.8. The molecule has 0 saturated carbocycles. The molecule has 0 bridgehead atoms. The van der Waals surface area contributed by atoms with Crippen molar-refractivity contribution in [2.45, 2.75) is 4.90 Å². The van der Waals surface area contributed by atoms with Gasteiger partial charge in [-0.1, -0.05) is 17.7 Å². The molecule has 2 aromatic rings. The number of nitrogens with two attached hydrogens (primary N) is 1. The van der Waals surface area contributed by atoms with Crippen molar-refractivity contribution in [3.8, 4) is 0 Å². The molecule has 0 radical (unpaired) electrons. The molecular formula is C12H10BrClN2O2S.